The number of hydrogen-bond donors (Lipinski definition) is 3. The van der Waals surface area contributed by atoms with Crippen molar-refractivity contribution in [1.82, 2.24) is 20.4 Å². The molecule has 1 aliphatic rings. The van der Waals surface area contributed by atoms with E-state index in [0.717, 1.165) is 17.2 Å². The molecule has 0 bridgehead atoms. The molecule has 4 aromatic rings. The first-order valence-corrected chi connectivity index (χ1v) is 15.1. The molecule has 11 nitrogen and oxygen atoms in total. The Hall–Kier alpha value is -3.87. The van der Waals surface area contributed by atoms with Crippen molar-refractivity contribution in [1.29, 1.82) is 0 Å². The van der Waals surface area contributed by atoms with Crippen LogP contribution in [-0.4, -0.2) is 65.2 Å². The number of aromatic amines is 1. The number of sulfone groups is 1. The van der Waals surface area contributed by atoms with Gasteiger partial charge in [0.2, 0.25) is 14.9 Å². The number of carboxylic acids is 1. The number of aliphatic carboxylic acids is 1. The van der Waals surface area contributed by atoms with Crippen molar-refractivity contribution in [2.24, 2.45) is 0 Å². The Balaban J connectivity index is 1.30. The molecular formula is C27H24Cl2N4O7S. The molecule has 2 aromatic carbocycles. The number of furan rings is 1. The van der Waals surface area contributed by atoms with Gasteiger partial charge in [-0.25, -0.2) is 13.2 Å². The highest BCUT2D eigenvalue weighted by atomic mass is 35.5. The van der Waals surface area contributed by atoms with E-state index in [1.165, 1.54) is 12.1 Å². The van der Waals surface area contributed by atoms with Crippen LogP contribution in [0.1, 0.15) is 44.0 Å². The smallest absolute Gasteiger partial charge is 0.326 e. The van der Waals surface area contributed by atoms with Crippen LogP contribution in [0, 0.1) is 0 Å². The van der Waals surface area contributed by atoms with Crippen LogP contribution in [0.5, 0.6) is 0 Å². The van der Waals surface area contributed by atoms with Crippen LogP contribution in [0.4, 0.5) is 0 Å². The monoisotopic (exact) mass is 618 g/mol. The van der Waals surface area contributed by atoms with Gasteiger partial charge in [0.1, 0.15) is 11.8 Å². The Kier molecular flexibility index (Phi) is 7.82. The Bertz CT molecular complexity index is 1800. The highest BCUT2D eigenvalue weighted by Gasteiger charge is 2.30. The number of halogens is 2. The van der Waals surface area contributed by atoms with Crippen molar-refractivity contribution >= 4 is 61.7 Å². The normalized spacial score (nSPS) is 14.1. The van der Waals surface area contributed by atoms with Crippen LogP contribution in [-0.2, 0) is 34.0 Å². The molecule has 41 heavy (non-hydrogen) atoms. The predicted octanol–water partition coefficient (Wildman–Crippen LogP) is 3.88. The standard InChI is InChI=1S/C27H24Cl2N4O7S/c1-41(38,39)22-7-5-17(40-22)4-6-20(27(36)37)31-25(34)23-19(28)10-16-13-33(9-8-18(16)24(23)29)26(35)14-2-3-15-12-30-32-21(15)11-14/h2-3,5,7,10-12,20H,4,6,8-9,13H2,1H3,(H,30,32)(H,31,34)(H,36,37)/t20-/m0/s1. The maximum absolute atomic E-state index is 13.2. The van der Waals surface area contributed by atoms with E-state index in [2.05, 4.69) is 15.5 Å². The quantitative estimate of drug-likeness (QED) is 0.268. The molecule has 214 valence electrons. The average molecular weight is 619 g/mol. The number of aromatic nitrogens is 2. The fourth-order valence-corrected chi connectivity index (χ4v) is 6.09. The van der Waals surface area contributed by atoms with Crippen LogP contribution in [0.25, 0.3) is 10.9 Å². The summed E-state index contributed by atoms with van der Waals surface area (Å²) in [6.07, 6.45) is 3.04. The number of nitrogens with zero attached hydrogens (tertiary/aromatic N) is 2. The van der Waals surface area contributed by atoms with Gasteiger partial charge in [-0.15, -0.1) is 0 Å². The van der Waals surface area contributed by atoms with Gasteiger partial charge in [-0.05, 0) is 54.3 Å². The zero-order valence-corrected chi connectivity index (χ0v) is 23.9. The van der Waals surface area contributed by atoms with Gasteiger partial charge in [0.25, 0.3) is 11.8 Å². The molecule has 5 rings (SSSR count). The van der Waals surface area contributed by atoms with Gasteiger partial charge in [-0.1, -0.05) is 29.3 Å². The molecule has 2 amide bonds. The number of rotatable bonds is 8. The fraction of sp³-hybridized carbons (Fsp3) is 0.259. The molecule has 0 fully saturated rings. The summed E-state index contributed by atoms with van der Waals surface area (Å²) in [6, 6.07) is 8.27. The van der Waals surface area contributed by atoms with E-state index in [1.807, 2.05) is 6.07 Å². The molecule has 0 aliphatic carbocycles. The Labute approximate surface area is 244 Å². The first kappa shape index (κ1) is 28.7. The third kappa shape index (κ3) is 5.95. The predicted molar refractivity (Wildman–Crippen MR) is 150 cm³/mol. The highest BCUT2D eigenvalue weighted by molar-refractivity contribution is 7.90. The second kappa shape index (κ2) is 11.2. The number of carbonyl (C=O) groups excluding carboxylic acids is 2. The van der Waals surface area contributed by atoms with Gasteiger partial charge in [-0.2, -0.15) is 5.10 Å². The Morgan fingerprint density at radius 3 is 2.68 bits per heavy atom. The van der Waals surface area contributed by atoms with E-state index in [9.17, 15) is 27.9 Å². The number of fused-ring (bicyclic) bond motifs is 2. The second-order valence-electron chi connectivity index (χ2n) is 9.73. The SMILES string of the molecule is CS(=O)(=O)c1ccc(CC[C@H](NC(=O)c2c(Cl)cc3c(c2Cl)CCN(C(=O)c2ccc4cn[nH]c4c2)C3)C(=O)O)o1. The van der Waals surface area contributed by atoms with Crippen molar-refractivity contribution in [3.63, 3.8) is 0 Å². The first-order chi connectivity index (χ1) is 19.4. The first-order valence-electron chi connectivity index (χ1n) is 12.5. The maximum atomic E-state index is 13.2. The van der Waals surface area contributed by atoms with Gasteiger partial charge in [0.05, 0.1) is 27.3 Å². The summed E-state index contributed by atoms with van der Waals surface area (Å²) >= 11 is 13.1. The number of H-pyrrole nitrogens is 1. The van der Waals surface area contributed by atoms with Crippen molar-refractivity contribution in [2.75, 3.05) is 12.8 Å². The number of benzene rings is 2. The second-order valence-corrected chi connectivity index (χ2v) is 12.5. The van der Waals surface area contributed by atoms with E-state index in [4.69, 9.17) is 27.6 Å². The molecule has 3 N–H and O–H groups in total. The van der Waals surface area contributed by atoms with Crippen molar-refractivity contribution in [3.8, 4) is 0 Å². The van der Waals surface area contributed by atoms with Crippen molar-refractivity contribution in [2.45, 2.75) is 36.9 Å². The summed E-state index contributed by atoms with van der Waals surface area (Å²) in [7, 11) is -3.54. The van der Waals surface area contributed by atoms with Crippen LogP contribution in [0.15, 0.2) is 52.1 Å². The molecule has 0 radical (unpaired) electrons. The summed E-state index contributed by atoms with van der Waals surface area (Å²) in [5, 5.41) is 19.7. The third-order valence-corrected chi connectivity index (χ3v) is 8.56. The van der Waals surface area contributed by atoms with Crippen molar-refractivity contribution in [3.05, 3.63) is 80.7 Å². The van der Waals surface area contributed by atoms with Gasteiger partial charge < -0.3 is 19.7 Å². The molecule has 3 heterocycles. The number of aryl methyl sites for hydroxylation is 1. The zero-order valence-electron chi connectivity index (χ0n) is 21.6. The lowest BCUT2D eigenvalue weighted by Crippen LogP contribution is -2.41. The topological polar surface area (TPSA) is 163 Å². The lowest BCUT2D eigenvalue weighted by Gasteiger charge is -2.30. The van der Waals surface area contributed by atoms with Gasteiger partial charge in [0.15, 0.2) is 0 Å². The molecule has 0 spiro atoms. The maximum Gasteiger partial charge on any atom is 0.326 e. The zero-order chi connectivity index (χ0) is 29.5. The summed E-state index contributed by atoms with van der Waals surface area (Å²) in [5.74, 6) is -1.97. The van der Waals surface area contributed by atoms with Gasteiger partial charge in [0, 0.05) is 36.7 Å². The largest absolute Gasteiger partial charge is 0.480 e. The summed E-state index contributed by atoms with van der Waals surface area (Å²) < 4.78 is 28.5. The van der Waals surface area contributed by atoms with E-state index >= 15 is 0 Å². The number of amides is 2. The lowest BCUT2D eigenvalue weighted by molar-refractivity contribution is -0.139. The van der Waals surface area contributed by atoms with Crippen LogP contribution in [0.3, 0.4) is 0 Å². The van der Waals surface area contributed by atoms with Crippen LogP contribution >= 0.6 is 23.2 Å². The molecular weight excluding hydrogens is 595 g/mol. The lowest BCUT2D eigenvalue weighted by atomic mass is 9.95. The molecule has 1 aliphatic heterocycles. The van der Waals surface area contributed by atoms with E-state index in [-0.39, 0.29) is 51.8 Å². The van der Waals surface area contributed by atoms with Crippen LogP contribution < -0.4 is 5.32 Å². The number of carbonyl (C=O) groups is 3. The number of carboxylic acid groups (broad SMARTS) is 1. The van der Waals surface area contributed by atoms with Crippen LogP contribution in [0.2, 0.25) is 10.0 Å². The minimum absolute atomic E-state index is 0.0207. The van der Waals surface area contributed by atoms with Gasteiger partial charge in [-0.3, -0.25) is 14.7 Å². The van der Waals surface area contributed by atoms with Crippen molar-refractivity contribution < 1.29 is 32.3 Å². The summed E-state index contributed by atoms with van der Waals surface area (Å²) in [6.45, 7) is 0.582. The molecule has 0 unspecified atom stereocenters. The minimum Gasteiger partial charge on any atom is -0.480 e. The third-order valence-electron chi connectivity index (χ3n) is 6.89. The summed E-state index contributed by atoms with van der Waals surface area (Å²) in [5.41, 5.74) is 2.54. The van der Waals surface area contributed by atoms with E-state index < -0.39 is 27.8 Å². The van der Waals surface area contributed by atoms with E-state index in [1.54, 1.807) is 29.3 Å². The molecule has 14 heteroatoms. The molecule has 0 saturated heterocycles. The number of hydrogen-bond acceptors (Lipinski definition) is 7. The molecule has 2 aromatic heterocycles. The van der Waals surface area contributed by atoms with E-state index in [0.29, 0.717) is 29.7 Å². The summed E-state index contributed by atoms with van der Waals surface area (Å²) in [4.78, 5) is 39.9. The molecule has 1 atom stereocenters. The number of nitrogens with one attached hydrogen (secondary N) is 2. The Morgan fingerprint density at radius 2 is 1.98 bits per heavy atom. The average Bonchev–Trinajstić information content (AvgIpc) is 3.59. The fourth-order valence-electron chi connectivity index (χ4n) is 4.75. The van der Waals surface area contributed by atoms with Gasteiger partial charge >= 0.3 is 5.97 Å². The highest BCUT2D eigenvalue weighted by Crippen LogP contribution is 2.35. The minimum atomic E-state index is -3.54. The molecule has 0 saturated carbocycles. The Morgan fingerprint density at radius 1 is 1.20 bits per heavy atom.